The van der Waals surface area contributed by atoms with Gasteiger partial charge >= 0.3 is 12.1 Å². The first-order valence-electron chi connectivity index (χ1n) is 16.5. The fourth-order valence-electron chi connectivity index (χ4n) is 7.13. The van der Waals surface area contributed by atoms with Crippen molar-refractivity contribution in [2.45, 2.75) is 63.6 Å². The highest BCUT2D eigenvalue weighted by Crippen LogP contribution is 2.26. The molecule has 4 amide bonds. The second-order valence-corrected chi connectivity index (χ2v) is 13.6. The summed E-state index contributed by atoms with van der Waals surface area (Å²) >= 11 is 3.61. The van der Waals surface area contributed by atoms with Crippen LogP contribution >= 0.6 is 15.9 Å². The number of amides is 4. The number of ether oxygens (including phenoxy) is 1. The first kappa shape index (κ1) is 31.8. The molecule has 0 aromatic heterocycles. The molecule has 244 valence electrons. The molecule has 45 heavy (non-hydrogen) atoms. The number of likely N-dealkylation sites (tertiary alicyclic amines) is 1. The molecule has 10 nitrogen and oxygen atoms in total. The summed E-state index contributed by atoms with van der Waals surface area (Å²) in [6.07, 6.45) is 3.38. The Bertz CT molecular complexity index is 1380. The number of nitrogens with one attached hydrogen (secondary N) is 2. The van der Waals surface area contributed by atoms with E-state index in [1.165, 1.54) is 0 Å². The van der Waals surface area contributed by atoms with Crippen LogP contribution in [0.2, 0.25) is 0 Å². The molecule has 6 rings (SSSR count). The Morgan fingerprint density at radius 3 is 2.40 bits per heavy atom. The molecule has 11 heteroatoms. The molecule has 0 bridgehead atoms. The highest BCUT2D eigenvalue weighted by molar-refractivity contribution is 9.10. The second-order valence-electron chi connectivity index (χ2n) is 12.8. The molecule has 0 saturated carbocycles. The van der Waals surface area contributed by atoms with Crippen LogP contribution in [0.3, 0.4) is 0 Å². The third-order valence-electron chi connectivity index (χ3n) is 9.93. The van der Waals surface area contributed by atoms with Crippen LogP contribution in [0.5, 0.6) is 0 Å². The molecule has 3 saturated heterocycles. The van der Waals surface area contributed by atoms with Gasteiger partial charge in [0, 0.05) is 75.9 Å². The smallest absolute Gasteiger partial charge is 0.410 e. The number of halogens is 1. The van der Waals surface area contributed by atoms with Crippen molar-refractivity contribution in [2.24, 2.45) is 0 Å². The summed E-state index contributed by atoms with van der Waals surface area (Å²) in [5, 5.41) is 6.49. The molecule has 0 aliphatic carbocycles. The Hall–Kier alpha value is -3.15. The number of carbonyl (C=O) groups excluding carboxylic acids is 3. The van der Waals surface area contributed by atoms with Crippen molar-refractivity contribution in [1.29, 1.82) is 0 Å². The Labute approximate surface area is 276 Å². The van der Waals surface area contributed by atoms with Crippen LogP contribution in [0.1, 0.15) is 43.8 Å². The Balaban J connectivity index is 0.00000417. The lowest BCUT2D eigenvalue weighted by Crippen LogP contribution is -2.56. The Kier molecular flexibility index (Phi) is 10.3. The molecule has 2 aromatic rings. The third kappa shape index (κ3) is 7.64. The van der Waals surface area contributed by atoms with Crippen molar-refractivity contribution in [3.8, 4) is 0 Å². The standard InChI is InChI=1S/C34H45BrN6O4.H2/c1-24-6-7-25(22-29(24)35)23-31(32(42)39-20-18-38(19-21-39)27-8-13-36-14-9-27)45-34(44)40-15-11-28(12-16-40)41-17-10-26-4-2-3-5-30(26)37-33(41)43;/h2-7,22,27-28,31,36H,8-21,23H2,1H3,(H,37,43);1H/t31-;/m1./s1. The largest absolute Gasteiger partial charge is 0.436 e. The topological polar surface area (TPSA) is 97.5 Å². The Morgan fingerprint density at radius 1 is 0.933 bits per heavy atom. The lowest BCUT2D eigenvalue weighted by molar-refractivity contribution is -0.143. The molecule has 0 radical (unpaired) electrons. The lowest BCUT2D eigenvalue weighted by Gasteiger charge is -2.41. The van der Waals surface area contributed by atoms with Crippen molar-refractivity contribution in [1.82, 2.24) is 24.9 Å². The molecule has 4 heterocycles. The summed E-state index contributed by atoms with van der Waals surface area (Å²) in [5.74, 6) is -0.124. The first-order chi connectivity index (χ1) is 21.9. The lowest BCUT2D eigenvalue weighted by atomic mass is 10.0. The van der Waals surface area contributed by atoms with Crippen LogP contribution in [0.25, 0.3) is 0 Å². The van der Waals surface area contributed by atoms with Gasteiger partial charge in [0.25, 0.3) is 5.91 Å². The summed E-state index contributed by atoms with van der Waals surface area (Å²) in [5.41, 5.74) is 4.06. The number of piperidine rings is 2. The van der Waals surface area contributed by atoms with Gasteiger partial charge in [-0.2, -0.15) is 0 Å². The number of anilines is 1. The van der Waals surface area contributed by atoms with Gasteiger partial charge in [0.1, 0.15) is 0 Å². The molecule has 4 aliphatic heterocycles. The van der Waals surface area contributed by atoms with E-state index in [-0.39, 0.29) is 19.4 Å². The van der Waals surface area contributed by atoms with Gasteiger partial charge in [0.05, 0.1) is 0 Å². The van der Waals surface area contributed by atoms with Crippen molar-refractivity contribution < 1.29 is 20.5 Å². The van der Waals surface area contributed by atoms with E-state index in [1.54, 1.807) is 4.90 Å². The van der Waals surface area contributed by atoms with E-state index in [0.29, 0.717) is 58.0 Å². The normalized spacial score (nSPS) is 21.1. The minimum Gasteiger partial charge on any atom is -0.436 e. The number of urea groups is 1. The molecule has 1 atom stereocenters. The number of piperazine rings is 1. The second kappa shape index (κ2) is 14.5. The average molecular weight is 684 g/mol. The predicted octanol–water partition coefficient (Wildman–Crippen LogP) is 4.50. The first-order valence-corrected chi connectivity index (χ1v) is 17.2. The van der Waals surface area contributed by atoms with Gasteiger partial charge in [-0.3, -0.25) is 9.69 Å². The van der Waals surface area contributed by atoms with Gasteiger partial charge in [-0.05, 0) is 80.9 Å². The minimum absolute atomic E-state index is 0. The quantitative estimate of drug-likeness (QED) is 0.466. The molecular formula is C34H47BrN6O4. The van der Waals surface area contributed by atoms with Crippen LogP contribution in [0, 0.1) is 6.92 Å². The number of hydrogen-bond acceptors (Lipinski definition) is 6. The number of rotatable bonds is 6. The van der Waals surface area contributed by atoms with Gasteiger partial charge in [-0.1, -0.05) is 46.3 Å². The zero-order valence-electron chi connectivity index (χ0n) is 26.2. The SMILES string of the molecule is Cc1ccc(C[C@@H](OC(=O)N2CCC(N3CCc4ccccc4NC3=O)CC2)C(=O)N2CCN(C3CCNCC3)CC2)cc1Br.[HH]. The van der Waals surface area contributed by atoms with Gasteiger partial charge in [-0.25, -0.2) is 9.59 Å². The monoisotopic (exact) mass is 682 g/mol. The minimum atomic E-state index is -0.898. The van der Waals surface area contributed by atoms with E-state index in [9.17, 15) is 14.4 Å². The Morgan fingerprint density at radius 2 is 1.67 bits per heavy atom. The molecular weight excluding hydrogens is 636 g/mol. The van der Waals surface area contributed by atoms with E-state index in [0.717, 1.165) is 72.3 Å². The van der Waals surface area contributed by atoms with E-state index in [4.69, 9.17) is 4.74 Å². The van der Waals surface area contributed by atoms with E-state index < -0.39 is 12.2 Å². The van der Waals surface area contributed by atoms with Crippen LogP contribution in [0.15, 0.2) is 46.9 Å². The van der Waals surface area contributed by atoms with Gasteiger partial charge < -0.3 is 30.1 Å². The van der Waals surface area contributed by atoms with Gasteiger partial charge in [0.2, 0.25) is 0 Å². The van der Waals surface area contributed by atoms with Crippen molar-refractivity contribution >= 4 is 39.6 Å². The summed E-state index contributed by atoms with van der Waals surface area (Å²) in [6, 6.07) is 14.5. The van der Waals surface area contributed by atoms with Gasteiger partial charge in [-0.15, -0.1) is 0 Å². The van der Waals surface area contributed by atoms with Crippen molar-refractivity contribution in [3.63, 3.8) is 0 Å². The summed E-state index contributed by atoms with van der Waals surface area (Å²) < 4.78 is 7.02. The van der Waals surface area contributed by atoms with E-state index in [2.05, 4.69) is 37.5 Å². The third-order valence-corrected chi connectivity index (χ3v) is 10.8. The number of carbonyl (C=O) groups is 3. The number of para-hydroxylation sites is 1. The summed E-state index contributed by atoms with van der Waals surface area (Å²) in [7, 11) is 0. The maximum atomic E-state index is 13.9. The van der Waals surface area contributed by atoms with Crippen molar-refractivity contribution in [2.75, 3.05) is 64.2 Å². The zero-order valence-corrected chi connectivity index (χ0v) is 27.8. The fourth-order valence-corrected chi connectivity index (χ4v) is 7.56. The van der Waals surface area contributed by atoms with E-state index in [1.807, 2.05) is 53.1 Å². The van der Waals surface area contributed by atoms with E-state index >= 15 is 0 Å². The van der Waals surface area contributed by atoms with Crippen LogP contribution < -0.4 is 10.6 Å². The number of benzene rings is 2. The fraction of sp³-hybridized carbons (Fsp3) is 0.559. The molecule has 0 unspecified atom stereocenters. The molecule has 0 spiro atoms. The van der Waals surface area contributed by atoms with Crippen LogP contribution in [0.4, 0.5) is 15.3 Å². The molecule has 2 N–H and O–H groups in total. The maximum absolute atomic E-state index is 13.9. The molecule has 2 aromatic carbocycles. The zero-order chi connectivity index (χ0) is 31.3. The average Bonchev–Trinajstić information content (AvgIpc) is 3.24. The number of hydrogen-bond donors (Lipinski definition) is 2. The molecule has 3 fully saturated rings. The number of nitrogens with zero attached hydrogens (tertiary/aromatic N) is 4. The molecule has 4 aliphatic rings. The van der Waals surface area contributed by atoms with Crippen LogP contribution in [-0.2, 0) is 22.4 Å². The summed E-state index contributed by atoms with van der Waals surface area (Å²) in [6.45, 7) is 8.68. The van der Waals surface area contributed by atoms with Crippen molar-refractivity contribution in [3.05, 3.63) is 63.6 Å². The van der Waals surface area contributed by atoms with Crippen LogP contribution in [-0.4, -0.2) is 115 Å². The highest BCUT2D eigenvalue weighted by Gasteiger charge is 2.36. The predicted molar refractivity (Wildman–Crippen MR) is 179 cm³/mol. The van der Waals surface area contributed by atoms with Gasteiger partial charge in [0.15, 0.2) is 6.10 Å². The highest BCUT2D eigenvalue weighted by atomic mass is 79.9. The number of aryl methyl sites for hydroxylation is 1. The summed E-state index contributed by atoms with van der Waals surface area (Å²) in [4.78, 5) is 48.5. The maximum Gasteiger partial charge on any atom is 0.410 e. The number of fused-ring (bicyclic) bond motifs is 1.